The maximum absolute atomic E-state index is 12.7. The van der Waals surface area contributed by atoms with Crippen LogP contribution in [0.15, 0.2) is 73.2 Å². The predicted octanol–water partition coefficient (Wildman–Crippen LogP) is 3.78. The van der Waals surface area contributed by atoms with Gasteiger partial charge in [0.1, 0.15) is 5.69 Å². The quantitative estimate of drug-likeness (QED) is 0.524. The first-order valence-electron chi connectivity index (χ1n) is 10.6. The fourth-order valence-corrected chi connectivity index (χ4v) is 3.86. The van der Waals surface area contributed by atoms with Crippen LogP contribution in [0.2, 0.25) is 0 Å². The molecule has 0 saturated carbocycles. The first-order valence-corrected chi connectivity index (χ1v) is 10.6. The van der Waals surface area contributed by atoms with Gasteiger partial charge in [0.05, 0.1) is 24.9 Å². The van der Waals surface area contributed by atoms with Gasteiger partial charge in [0.25, 0.3) is 5.91 Å². The third-order valence-electron chi connectivity index (χ3n) is 5.53. The van der Waals surface area contributed by atoms with Crippen molar-refractivity contribution < 1.29 is 9.53 Å². The molecule has 1 amide bonds. The highest BCUT2D eigenvalue weighted by molar-refractivity contribution is 6.04. The summed E-state index contributed by atoms with van der Waals surface area (Å²) in [6, 6.07) is 18.3. The van der Waals surface area contributed by atoms with Crippen LogP contribution in [0.25, 0.3) is 22.0 Å². The lowest BCUT2D eigenvalue weighted by Crippen LogP contribution is -2.35. The van der Waals surface area contributed by atoms with Gasteiger partial charge in [-0.2, -0.15) is 0 Å². The van der Waals surface area contributed by atoms with E-state index in [1.165, 1.54) is 18.0 Å². The number of nitrogens with zero attached hydrogens (tertiary/aromatic N) is 4. The average Bonchev–Trinajstić information content (AvgIpc) is 2.85. The average molecular weight is 425 g/mol. The van der Waals surface area contributed by atoms with E-state index in [1.54, 1.807) is 12.3 Å². The van der Waals surface area contributed by atoms with Crippen molar-refractivity contribution in [2.75, 3.05) is 31.6 Å². The Labute approximate surface area is 186 Å². The summed E-state index contributed by atoms with van der Waals surface area (Å²) in [6.45, 7) is 4.45. The van der Waals surface area contributed by atoms with Crippen LogP contribution in [-0.4, -0.2) is 52.1 Å². The molecule has 2 aromatic carbocycles. The Kier molecular flexibility index (Phi) is 5.83. The topological polar surface area (TPSA) is 80.2 Å². The van der Waals surface area contributed by atoms with E-state index in [4.69, 9.17) is 4.74 Å². The van der Waals surface area contributed by atoms with Crippen LogP contribution in [0.3, 0.4) is 0 Å². The van der Waals surface area contributed by atoms with Crippen LogP contribution in [0.5, 0.6) is 0 Å². The van der Waals surface area contributed by atoms with Crippen LogP contribution < -0.4 is 5.32 Å². The van der Waals surface area contributed by atoms with E-state index >= 15 is 0 Å². The zero-order chi connectivity index (χ0) is 21.8. The van der Waals surface area contributed by atoms with E-state index in [9.17, 15) is 4.79 Å². The number of pyridine rings is 1. The molecule has 5 rings (SSSR count). The predicted molar refractivity (Wildman–Crippen MR) is 123 cm³/mol. The number of fused-ring (bicyclic) bond motifs is 1. The molecule has 3 heterocycles. The number of morpholine rings is 1. The van der Waals surface area contributed by atoms with Gasteiger partial charge in [0, 0.05) is 43.0 Å². The normalized spacial score (nSPS) is 14.4. The number of para-hydroxylation sites is 1. The summed E-state index contributed by atoms with van der Waals surface area (Å²) in [5.41, 5.74) is 4.46. The molecular formula is C25H23N5O2. The standard InChI is InChI=1S/C25H23N5O2/c31-25(29-23-16-26-10-11-27-23)22-9-8-20-2-1-3-21(24(20)28-22)19-6-4-18(5-7-19)17-30-12-14-32-15-13-30/h1-11,16H,12-15,17H2,(H,27,29,31). The molecule has 160 valence electrons. The minimum Gasteiger partial charge on any atom is -0.379 e. The van der Waals surface area contributed by atoms with E-state index < -0.39 is 0 Å². The molecule has 0 radical (unpaired) electrons. The Morgan fingerprint density at radius 1 is 1.00 bits per heavy atom. The van der Waals surface area contributed by atoms with Crippen LogP contribution >= 0.6 is 0 Å². The van der Waals surface area contributed by atoms with E-state index in [-0.39, 0.29) is 5.91 Å². The minimum atomic E-state index is -0.317. The molecule has 0 bridgehead atoms. The molecule has 1 fully saturated rings. The number of carbonyl (C=O) groups is 1. The monoisotopic (exact) mass is 425 g/mol. The van der Waals surface area contributed by atoms with Gasteiger partial charge in [-0.1, -0.05) is 48.5 Å². The van der Waals surface area contributed by atoms with E-state index in [2.05, 4.69) is 49.4 Å². The molecular weight excluding hydrogens is 402 g/mol. The van der Waals surface area contributed by atoms with Crippen LogP contribution in [0.4, 0.5) is 5.82 Å². The number of benzene rings is 2. The van der Waals surface area contributed by atoms with Crippen molar-refractivity contribution in [1.82, 2.24) is 19.9 Å². The Morgan fingerprint density at radius 3 is 2.62 bits per heavy atom. The van der Waals surface area contributed by atoms with E-state index in [0.717, 1.165) is 54.9 Å². The third kappa shape index (κ3) is 4.49. The molecule has 0 atom stereocenters. The zero-order valence-corrected chi connectivity index (χ0v) is 17.6. The summed E-state index contributed by atoms with van der Waals surface area (Å²) in [5, 5.41) is 3.72. The summed E-state index contributed by atoms with van der Waals surface area (Å²) in [5.74, 6) is 0.0756. The highest BCUT2D eigenvalue weighted by Crippen LogP contribution is 2.28. The largest absolute Gasteiger partial charge is 0.379 e. The van der Waals surface area contributed by atoms with E-state index in [0.29, 0.717) is 11.5 Å². The number of anilines is 1. The van der Waals surface area contributed by atoms with Crippen LogP contribution in [0.1, 0.15) is 16.1 Å². The van der Waals surface area contributed by atoms with Crippen LogP contribution in [-0.2, 0) is 11.3 Å². The number of rotatable bonds is 5. The molecule has 1 aliphatic rings. The van der Waals surface area contributed by atoms with Gasteiger partial charge < -0.3 is 10.1 Å². The van der Waals surface area contributed by atoms with Crippen molar-refractivity contribution in [3.63, 3.8) is 0 Å². The first-order chi connectivity index (χ1) is 15.8. The highest BCUT2D eigenvalue weighted by atomic mass is 16.5. The molecule has 1 N–H and O–H groups in total. The van der Waals surface area contributed by atoms with Gasteiger partial charge in [0.2, 0.25) is 0 Å². The second-order valence-corrected chi connectivity index (χ2v) is 7.70. The fourth-order valence-electron chi connectivity index (χ4n) is 3.86. The molecule has 7 nitrogen and oxygen atoms in total. The lowest BCUT2D eigenvalue weighted by atomic mass is 10.0. The van der Waals surface area contributed by atoms with Gasteiger partial charge in [-0.15, -0.1) is 0 Å². The zero-order valence-electron chi connectivity index (χ0n) is 17.6. The number of aromatic nitrogens is 3. The van der Waals surface area contributed by atoms with Gasteiger partial charge in [0.15, 0.2) is 5.82 Å². The summed E-state index contributed by atoms with van der Waals surface area (Å²) in [6.07, 6.45) is 4.59. The Bertz CT molecular complexity index is 1220. The van der Waals surface area contributed by atoms with Gasteiger partial charge >= 0.3 is 0 Å². The van der Waals surface area contributed by atoms with Crippen molar-refractivity contribution in [3.05, 3.63) is 84.4 Å². The van der Waals surface area contributed by atoms with Gasteiger partial charge in [-0.25, -0.2) is 9.97 Å². The SMILES string of the molecule is O=C(Nc1cnccn1)c1ccc2cccc(-c3ccc(CN4CCOCC4)cc3)c2n1. The number of nitrogens with one attached hydrogen (secondary N) is 1. The molecule has 4 aromatic rings. The van der Waals surface area contributed by atoms with Crippen molar-refractivity contribution >= 4 is 22.6 Å². The highest BCUT2D eigenvalue weighted by Gasteiger charge is 2.13. The molecule has 1 saturated heterocycles. The first kappa shape index (κ1) is 20.2. The molecule has 1 aliphatic heterocycles. The summed E-state index contributed by atoms with van der Waals surface area (Å²) in [4.78, 5) is 27.8. The Hall–Kier alpha value is -3.68. The molecule has 7 heteroatoms. The molecule has 0 aliphatic carbocycles. The number of ether oxygens (including phenoxy) is 1. The second-order valence-electron chi connectivity index (χ2n) is 7.70. The molecule has 0 spiro atoms. The lowest BCUT2D eigenvalue weighted by molar-refractivity contribution is 0.0342. The van der Waals surface area contributed by atoms with Crippen molar-refractivity contribution in [1.29, 1.82) is 0 Å². The summed E-state index contributed by atoms with van der Waals surface area (Å²) in [7, 11) is 0. The number of carbonyl (C=O) groups excluding carboxylic acids is 1. The lowest BCUT2D eigenvalue weighted by Gasteiger charge is -2.26. The Morgan fingerprint density at radius 2 is 1.84 bits per heavy atom. The number of amides is 1. The van der Waals surface area contributed by atoms with Gasteiger partial charge in [-0.05, 0) is 17.2 Å². The third-order valence-corrected chi connectivity index (χ3v) is 5.53. The fraction of sp³-hybridized carbons (Fsp3) is 0.200. The smallest absolute Gasteiger partial charge is 0.275 e. The Balaban J connectivity index is 1.41. The molecule has 2 aromatic heterocycles. The summed E-state index contributed by atoms with van der Waals surface area (Å²) < 4.78 is 5.43. The maximum atomic E-state index is 12.7. The van der Waals surface area contributed by atoms with E-state index in [1.807, 2.05) is 24.3 Å². The number of hydrogen-bond acceptors (Lipinski definition) is 6. The summed E-state index contributed by atoms with van der Waals surface area (Å²) >= 11 is 0. The van der Waals surface area contributed by atoms with Crippen molar-refractivity contribution in [2.45, 2.75) is 6.54 Å². The van der Waals surface area contributed by atoms with Crippen LogP contribution in [0, 0.1) is 0 Å². The second kappa shape index (κ2) is 9.21. The molecule has 0 unspecified atom stereocenters. The number of hydrogen-bond donors (Lipinski definition) is 1. The van der Waals surface area contributed by atoms with Gasteiger partial charge in [-0.3, -0.25) is 14.7 Å². The van der Waals surface area contributed by atoms with Crippen molar-refractivity contribution in [2.24, 2.45) is 0 Å². The van der Waals surface area contributed by atoms with Crippen molar-refractivity contribution in [3.8, 4) is 11.1 Å². The maximum Gasteiger partial charge on any atom is 0.275 e. The molecule has 32 heavy (non-hydrogen) atoms. The minimum absolute atomic E-state index is 0.317.